The van der Waals surface area contributed by atoms with Crippen molar-refractivity contribution >= 4 is 33.3 Å². The van der Waals surface area contributed by atoms with Crippen molar-refractivity contribution in [2.45, 2.75) is 10.8 Å². The number of fused-ring (bicyclic) bond motifs is 1. The summed E-state index contributed by atoms with van der Waals surface area (Å²) in [7, 11) is 1.72. The van der Waals surface area contributed by atoms with Crippen LogP contribution in [0.1, 0.15) is 5.56 Å². The fourth-order valence-electron chi connectivity index (χ4n) is 2.07. The average molecular weight is 301 g/mol. The van der Waals surface area contributed by atoms with Gasteiger partial charge in [0.1, 0.15) is 5.75 Å². The van der Waals surface area contributed by atoms with Crippen molar-refractivity contribution in [3.05, 3.63) is 54.1 Å². The lowest BCUT2D eigenvalue weighted by atomic mass is 10.1. The second-order valence-corrected chi connectivity index (χ2v) is 6.73. The maximum atomic E-state index is 5.37. The number of aryl methyl sites for hydroxylation is 1. The van der Waals surface area contributed by atoms with Gasteiger partial charge in [-0.2, -0.15) is 0 Å². The van der Waals surface area contributed by atoms with Crippen LogP contribution in [0, 0.1) is 0 Å². The smallest absolute Gasteiger partial charge is 0.151 e. The van der Waals surface area contributed by atoms with E-state index in [4.69, 9.17) is 4.74 Å². The SMILES string of the molecule is COc1ccccc1CCSc1nc2ccccc2s1. The van der Waals surface area contributed by atoms with Crippen molar-refractivity contribution in [3.8, 4) is 5.75 Å². The number of hydrogen-bond acceptors (Lipinski definition) is 4. The molecule has 0 saturated heterocycles. The first-order valence-electron chi connectivity index (χ1n) is 6.47. The zero-order valence-corrected chi connectivity index (χ0v) is 12.8. The number of para-hydroxylation sites is 2. The number of nitrogens with zero attached hydrogens (tertiary/aromatic N) is 1. The summed E-state index contributed by atoms with van der Waals surface area (Å²) in [6.45, 7) is 0. The van der Waals surface area contributed by atoms with Crippen LogP contribution in [0.2, 0.25) is 0 Å². The van der Waals surface area contributed by atoms with E-state index < -0.39 is 0 Å². The number of methoxy groups -OCH3 is 1. The largest absolute Gasteiger partial charge is 0.496 e. The lowest BCUT2D eigenvalue weighted by Crippen LogP contribution is -1.93. The fraction of sp³-hybridized carbons (Fsp3) is 0.188. The quantitative estimate of drug-likeness (QED) is 0.641. The Hall–Kier alpha value is -1.52. The van der Waals surface area contributed by atoms with Crippen LogP contribution in [0.15, 0.2) is 52.9 Å². The molecule has 4 heteroatoms. The summed E-state index contributed by atoms with van der Waals surface area (Å²) in [5.74, 6) is 1.98. The van der Waals surface area contributed by atoms with E-state index in [1.165, 1.54) is 10.3 Å². The van der Waals surface area contributed by atoms with Crippen molar-refractivity contribution in [2.75, 3.05) is 12.9 Å². The Kier molecular flexibility index (Phi) is 4.23. The number of benzene rings is 2. The van der Waals surface area contributed by atoms with Crippen LogP contribution in [0.5, 0.6) is 5.75 Å². The van der Waals surface area contributed by atoms with Gasteiger partial charge in [-0.3, -0.25) is 0 Å². The molecule has 0 saturated carbocycles. The minimum atomic E-state index is 0.970. The van der Waals surface area contributed by atoms with Gasteiger partial charge in [0.05, 0.1) is 17.3 Å². The molecule has 3 rings (SSSR count). The first-order chi connectivity index (χ1) is 9.86. The van der Waals surface area contributed by atoms with Crippen molar-refractivity contribution in [1.29, 1.82) is 0 Å². The van der Waals surface area contributed by atoms with Crippen LogP contribution in [-0.2, 0) is 6.42 Å². The molecule has 0 fully saturated rings. The number of thiazole rings is 1. The molecule has 0 unspecified atom stereocenters. The van der Waals surface area contributed by atoms with Crippen LogP contribution in [-0.4, -0.2) is 17.8 Å². The molecule has 0 aliphatic rings. The summed E-state index contributed by atoms with van der Waals surface area (Å²) in [5.41, 5.74) is 2.35. The van der Waals surface area contributed by atoms with Gasteiger partial charge in [-0.25, -0.2) is 4.98 Å². The molecule has 0 N–H and O–H groups in total. The molecule has 0 amide bonds. The Morgan fingerprint density at radius 2 is 1.90 bits per heavy atom. The van der Waals surface area contributed by atoms with Crippen molar-refractivity contribution in [2.24, 2.45) is 0 Å². The molecule has 20 heavy (non-hydrogen) atoms. The minimum absolute atomic E-state index is 0.970. The van der Waals surface area contributed by atoms with Gasteiger partial charge < -0.3 is 4.74 Å². The van der Waals surface area contributed by atoms with Crippen LogP contribution < -0.4 is 4.74 Å². The molecule has 2 aromatic carbocycles. The Balaban J connectivity index is 1.65. The monoisotopic (exact) mass is 301 g/mol. The third kappa shape index (κ3) is 2.97. The Morgan fingerprint density at radius 1 is 1.10 bits per heavy atom. The molecule has 0 aliphatic carbocycles. The van der Waals surface area contributed by atoms with E-state index in [2.05, 4.69) is 35.3 Å². The second kappa shape index (κ2) is 6.29. The number of thioether (sulfide) groups is 1. The van der Waals surface area contributed by atoms with Crippen molar-refractivity contribution < 1.29 is 4.74 Å². The highest BCUT2D eigenvalue weighted by Crippen LogP contribution is 2.30. The van der Waals surface area contributed by atoms with E-state index in [1.54, 1.807) is 18.4 Å². The minimum Gasteiger partial charge on any atom is -0.496 e. The van der Waals surface area contributed by atoms with Gasteiger partial charge in [0, 0.05) is 5.75 Å². The van der Waals surface area contributed by atoms with Gasteiger partial charge in [0.15, 0.2) is 4.34 Å². The summed E-state index contributed by atoms with van der Waals surface area (Å²) in [5, 5.41) is 0. The molecular weight excluding hydrogens is 286 g/mol. The van der Waals surface area contributed by atoms with Gasteiger partial charge >= 0.3 is 0 Å². The van der Waals surface area contributed by atoms with E-state index in [9.17, 15) is 0 Å². The third-order valence-electron chi connectivity index (χ3n) is 3.06. The fourth-order valence-corrected chi connectivity index (χ4v) is 4.18. The van der Waals surface area contributed by atoms with Crippen molar-refractivity contribution in [3.63, 3.8) is 0 Å². The van der Waals surface area contributed by atoms with Gasteiger partial charge in [-0.15, -0.1) is 11.3 Å². The number of rotatable bonds is 5. The van der Waals surface area contributed by atoms with Crippen LogP contribution in [0.25, 0.3) is 10.2 Å². The summed E-state index contributed by atoms with van der Waals surface area (Å²) in [6, 6.07) is 16.5. The molecule has 3 aromatic rings. The highest BCUT2D eigenvalue weighted by atomic mass is 32.2. The number of hydrogen-bond donors (Lipinski definition) is 0. The van der Waals surface area contributed by atoms with Crippen LogP contribution >= 0.6 is 23.1 Å². The Labute approximate surface area is 126 Å². The van der Waals surface area contributed by atoms with E-state index in [0.717, 1.165) is 27.8 Å². The maximum Gasteiger partial charge on any atom is 0.151 e. The predicted molar refractivity (Wildman–Crippen MR) is 87.0 cm³/mol. The van der Waals surface area contributed by atoms with E-state index in [0.29, 0.717) is 0 Å². The van der Waals surface area contributed by atoms with Gasteiger partial charge in [0.25, 0.3) is 0 Å². The number of aromatic nitrogens is 1. The number of ether oxygens (including phenoxy) is 1. The predicted octanol–water partition coefficient (Wildman–Crippen LogP) is 4.64. The van der Waals surface area contributed by atoms with Crippen LogP contribution in [0.4, 0.5) is 0 Å². The molecule has 0 spiro atoms. The molecule has 0 radical (unpaired) electrons. The van der Waals surface area contributed by atoms with E-state index >= 15 is 0 Å². The first kappa shape index (κ1) is 13.5. The standard InChI is InChI=1S/C16H15NOS2/c1-18-14-8-4-2-6-12(14)10-11-19-16-17-13-7-3-5-9-15(13)20-16/h2-9H,10-11H2,1H3. The zero-order valence-electron chi connectivity index (χ0n) is 11.2. The topological polar surface area (TPSA) is 22.1 Å². The molecular formula is C16H15NOS2. The molecule has 1 aromatic heterocycles. The normalized spacial score (nSPS) is 10.8. The first-order valence-corrected chi connectivity index (χ1v) is 8.27. The van der Waals surface area contributed by atoms with Gasteiger partial charge in [-0.1, -0.05) is 42.1 Å². The highest BCUT2D eigenvalue weighted by Gasteiger charge is 2.05. The van der Waals surface area contributed by atoms with E-state index in [1.807, 2.05) is 30.0 Å². The second-order valence-electron chi connectivity index (χ2n) is 4.36. The van der Waals surface area contributed by atoms with Gasteiger partial charge in [-0.05, 0) is 30.2 Å². The molecule has 0 bridgehead atoms. The van der Waals surface area contributed by atoms with E-state index in [-0.39, 0.29) is 0 Å². The molecule has 102 valence electrons. The molecule has 0 aliphatic heterocycles. The van der Waals surface area contributed by atoms with Crippen molar-refractivity contribution in [1.82, 2.24) is 4.98 Å². The maximum absolute atomic E-state index is 5.37. The lowest BCUT2D eigenvalue weighted by Gasteiger charge is -2.06. The molecule has 2 nitrogen and oxygen atoms in total. The third-order valence-corrected chi connectivity index (χ3v) is 5.24. The lowest BCUT2D eigenvalue weighted by molar-refractivity contribution is 0.410. The molecule has 1 heterocycles. The van der Waals surface area contributed by atoms with Crippen LogP contribution in [0.3, 0.4) is 0 Å². The Morgan fingerprint density at radius 3 is 2.75 bits per heavy atom. The summed E-state index contributed by atoms with van der Waals surface area (Å²) in [6.07, 6.45) is 0.991. The zero-order chi connectivity index (χ0) is 13.8. The van der Waals surface area contributed by atoms with Gasteiger partial charge in [0.2, 0.25) is 0 Å². The summed E-state index contributed by atoms with van der Waals surface area (Å²) < 4.78 is 7.77. The molecule has 0 atom stereocenters. The summed E-state index contributed by atoms with van der Waals surface area (Å²) in [4.78, 5) is 4.64. The highest BCUT2D eigenvalue weighted by molar-refractivity contribution is 8.01. The average Bonchev–Trinajstić information content (AvgIpc) is 2.90. The Bertz CT molecular complexity index is 675. The summed E-state index contributed by atoms with van der Waals surface area (Å²) >= 11 is 3.58.